The first kappa shape index (κ1) is 30.7. The Morgan fingerprint density at radius 3 is 1.50 bits per heavy atom. The second kappa shape index (κ2) is 13.6. The van der Waals surface area contributed by atoms with Crippen LogP contribution in [0.3, 0.4) is 0 Å². The van der Waals surface area contributed by atoms with Crippen LogP contribution < -0.4 is 27.1 Å². The highest BCUT2D eigenvalue weighted by Gasteiger charge is 2.28. The topological polar surface area (TPSA) is 167 Å². The second-order valence-corrected chi connectivity index (χ2v) is 13.7. The van der Waals surface area contributed by atoms with Crippen LogP contribution in [0.25, 0.3) is 0 Å². The molecule has 4 rings (SSSR count). The van der Waals surface area contributed by atoms with Crippen LogP contribution in [-0.4, -0.2) is 41.7 Å². The lowest BCUT2D eigenvalue weighted by Gasteiger charge is -2.25. The third kappa shape index (κ3) is 7.15. The van der Waals surface area contributed by atoms with Crippen molar-refractivity contribution >= 4 is 108 Å². The van der Waals surface area contributed by atoms with Crippen LogP contribution in [0.1, 0.15) is 0 Å². The van der Waals surface area contributed by atoms with Gasteiger partial charge in [0.2, 0.25) is 0 Å². The fourth-order valence-electron chi connectivity index (χ4n) is 3.19. The molecule has 0 saturated heterocycles. The van der Waals surface area contributed by atoms with Crippen molar-refractivity contribution in [2.24, 2.45) is 0 Å². The van der Waals surface area contributed by atoms with E-state index in [0.717, 1.165) is 8.61 Å². The molecule has 13 nitrogen and oxygen atoms in total. The molecule has 212 valence electrons. The van der Waals surface area contributed by atoms with Gasteiger partial charge in [0.05, 0.1) is 48.1 Å². The number of hydrogen-bond donors (Lipinski definition) is 0. The van der Waals surface area contributed by atoms with Crippen LogP contribution in [0.5, 0.6) is 23.0 Å². The highest BCUT2D eigenvalue weighted by molar-refractivity contribution is 9.11. The minimum Gasteiger partial charge on any atom is -0.755 e. The number of hydrogen-bond acceptors (Lipinski definition) is 13. The van der Waals surface area contributed by atoms with Gasteiger partial charge in [-0.05, 0) is 56.1 Å². The quantitative estimate of drug-likeness (QED) is 0.120. The second-order valence-electron chi connectivity index (χ2n) is 7.01. The zero-order chi connectivity index (χ0) is 29.0. The highest BCUT2D eigenvalue weighted by Crippen LogP contribution is 2.42. The summed E-state index contributed by atoms with van der Waals surface area (Å²) in [5.41, 5.74) is 0.287. The predicted molar refractivity (Wildman–Crippen MR) is 157 cm³/mol. The molecule has 2 atom stereocenters. The summed E-state index contributed by atoms with van der Waals surface area (Å²) in [6.07, 6.45) is 0. The Hall–Kier alpha value is -2.22. The molecule has 0 aliphatic rings. The smallest absolute Gasteiger partial charge is 0.755 e. The Morgan fingerprint density at radius 1 is 0.800 bits per heavy atom. The molecule has 20 heteroatoms. The molecule has 0 aliphatic heterocycles. The van der Waals surface area contributed by atoms with Crippen molar-refractivity contribution in [1.82, 2.24) is 9.97 Å². The molecule has 0 saturated carbocycles. The summed E-state index contributed by atoms with van der Waals surface area (Å²) in [6.45, 7) is 0. The fourth-order valence-corrected chi connectivity index (χ4v) is 6.99. The average Bonchev–Trinajstić information content (AvgIpc) is 3.53. The SMILES string of the molecule is COc1cc(O[P+](=O)Oc2ccc(N(c3csc(Br)n3)S(=O)[O-])c(OC)c2)ccc1N(c1csc(Br)n1)S(=O)[O-]. The van der Waals surface area contributed by atoms with E-state index in [4.69, 9.17) is 18.5 Å². The van der Waals surface area contributed by atoms with E-state index < -0.39 is 30.8 Å². The molecule has 0 aliphatic carbocycles. The van der Waals surface area contributed by atoms with E-state index in [0.29, 0.717) is 7.83 Å². The summed E-state index contributed by atoms with van der Waals surface area (Å²) in [6, 6.07) is 8.23. The largest absolute Gasteiger partial charge is 0.805 e. The maximum Gasteiger partial charge on any atom is 0.805 e. The van der Waals surface area contributed by atoms with E-state index >= 15 is 0 Å². The summed E-state index contributed by atoms with van der Waals surface area (Å²) in [7, 11) is -0.126. The van der Waals surface area contributed by atoms with Crippen LogP contribution in [-0.2, 0) is 27.1 Å². The average molecular weight is 773 g/mol. The Kier molecular flexibility index (Phi) is 10.5. The summed E-state index contributed by atoms with van der Waals surface area (Å²) in [4.78, 5) is 8.25. The molecule has 2 heterocycles. The minimum atomic E-state index is -2.79. The van der Waals surface area contributed by atoms with Gasteiger partial charge in [-0.3, -0.25) is 8.42 Å². The van der Waals surface area contributed by atoms with E-state index in [2.05, 4.69) is 41.8 Å². The number of rotatable bonds is 12. The normalized spacial score (nSPS) is 12.8. The molecule has 0 amide bonds. The fraction of sp³-hybridized carbons (Fsp3) is 0.100. The maximum absolute atomic E-state index is 12.7. The van der Waals surface area contributed by atoms with Gasteiger partial charge in [-0.2, -0.15) is 0 Å². The number of benzene rings is 2. The predicted octanol–water partition coefficient (Wildman–Crippen LogP) is 6.12. The molecule has 0 bridgehead atoms. The van der Waals surface area contributed by atoms with Gasteiger partial charge < -0.3 is 18.6 Å². The van der Waals surface area contributed by atoms with Crippen molar-refractivity contribution in [3.05, 3.63) is 55.0 Å². The third-order valence-electron chi connectivity index (χ3n) is 4.74. The van der Waals surface area contributed by atoms with E-state index in [1.165, 1.54) is 84.1 Å². The zero-order valence-electron chi connectivity index (χ0n) is 19.9. The van der Waals surface area contributed by atoms with Gasteiger partial charge in [-0.25, -0.2) is 27.6 Å². The van der Waals surface area contributed by atoms with Crippen molar-refractivity contribution in [3.63, 3.8) is 0 Å². The van der Waals surface area contributed by atoms with Crippen molar-refractivity contribution in [1.29, 1.82) is 0 Å². The van der Waals surface area contributed by atoms with Gasteiger partial charge in [-0.15, -0.1) is 22.7 Å². The van der Waals surface area contributed by atoms with E-state index in [1.807, 2.05) is 0 Å². The van der Waals surface area contributed by atoms with Crippen LogP contribution in [0, 0.1) is 0 Å². The molecule has 40 heavy (non-hydrogen) atoms. The maximum atomic E-state index is 12.7. The minimum absolute atomic E-state index is 0.0587. The lowest BCUT2D eigenvalue weighted by Crippen LogP contribution is -2.20. The number of ether oxygens (including phenoxy) is 2. The van der Waals surface area contributed by atoms with Crippen molar-refractivity contribution < 1.29 is 40.6 Å². The van der Waals surface area contributed by atoms with Crippen LogP contribution >= 0.6 is 62.8 Å². The Bertz CT molecular complexity index is 1480. The van der Waals surface area contributed by atoms with Crippen LogP contribution in [0.4, 0.5) is 23.0 Å². The molecule has 0 radical (unpaired) electrons. The Balaban J connectivity index is 1.53. The van der Waals surface area contributed by atoms with Crippen molar-refractivity contribution in [2.45, 2.75) is 0 Å². The van der Waals surface area contributed by atoms with Gasteiger partial charge >= 0.3 is 8.25 Å². The van der Waals surface area contributed by atoms with Gasteiger partial charge in [0.15, 0.2) is 31.0 Å². The third-order valence-corrected chi connectivity index (χ3v) is 9.53. The number of aromatic nitrogens is 2. The first-order valence-electron chi connectivity index (χ1n) is 10.3. The first-order chi connectivity index (χ1) is 19.1. The Morgan fingerprint density at radius 2 is 1.20 bits per heavy atom. The van der Waals surface area contributed by atoms with Gasteiger partial charge in [0.25, 0.3) is 0 Å². The number of methoxy groups -OCH3 is 2. The lowest BCUT2D eigenvalue weighted by atomic mass is 10.2. The van der Waals surface area contributed by atoms with E-state index in [9.17, 15) is 22.1 Å². The van der Waals surface area contributed by atoms with Crippen molar-refractivity contribution in [2.75, 3.05) is 22.8 Å². The number of anilines is 4. The standard InChI is InChI=1S/C20H15Br2N4O9PS4/c1-32-15-7-11(3-5-13(15)25(39(28)29)17-9-37-19(21)23-17)34-36(27)35-12-4-6-14(16(8-12)33-2)26(40(30)31)18-10-38-20(22)24-18/h3-10H,1-2H3,(H-,28,29,30,31)/p-1. The zero-order valence-corrected chi connectivity index (χ0v) is 27.3. The monoisotopic (exact) mass is 771 g/mol. The summed E-state index contributed by atoms with van der Waals surface area (Å²) >= 11 is 3.35. The number of thiazole rings is 2. The van der Waals surface area contributed by atoms with Crippen molar-refractivity contribution in [3.8, 4) is 23.0 Å². The number of nitrogens with zero attached hydrogens (tertiary/aromatic N) is 4. The molecule has 0 spiro atoms. The molecular formula is C20H14Br2N4O9PS4-. The summed E-state index contributed by atoms with van der Waals surface area (Å²) in [5, 5.41) is 3.08. The van der Waals surface area contributed by atoms with Crippen LogP contribution in [0.15, 0.2) is 55.0 Å². The molecule has 2 unspecified atom stereocenters. The van der Waals surface area contributed by atoms with Gasteiger partial charge in [-0.1, -0.05) is 0 Å². The van der Waals surface area contributed by atoms with Gasteiger partial charge in [0, 0.05) is 27.5 Å². The lowest BCUT2D eigenvalue weighted by molar-refractivity contribution is 0.398. The highest BCUT2D eigenvalue weighted by atomic mass is 79.9. The molecule has 4 aromatic rings. The molecular weight excluding hydrogens is 759 g/mol. The summed E-state index contributed by atoms with van der Waals surface area (Å²) < 4.78 is 84.7. The number of halogens is 2. The molecule has 0 N–H and O–H groups in total. The van der Waals surface area contributed by atoms with Gasteiger partial charge in [0.1, 0.15) is 11.5 Å². The molecule has 2 aromatic carbocycles. The van der Waals surface area contributed by atoms with E-state index in [-0.39, 0.29) is 46.0 Å². The molecule has 0 fully saturated rings. The summed E-state index contributed by atoms with van der Waals surface area (Å²) in [5.74, 6) is 0.600. The van der Waals surface area contributed by atoms with E-state index in [1.54, 1.807) is 0 Å². The Labute approximate surface area is 258 Å². The first-order valence-corrected chi connectivity index (χ1v) is 16.8. The molecule has 2 aromatic heterocycles. The van der Waals surface area contributed by atoms with Crippen LogP contribution in [0.2, 0.25) is 0 Å².